The van der Waals surface area contributed by atoms with E-state index in [2.05, 4.69) is 5.32 Å². The Balaban J connectivity index is 2.42. The average molecular weight is 309 g/mol. The Morgan fingerprint density at radius 2 is 1.90 bits per heavy atom. The highest BCUT2D eigenvalue weighted by molar-refractivity contribution is 6.38. The van der Waals surface area contributed by atoms with Crippen molar-refractivity contribution in [3.63, 3.8) is 0 Å². The first kappa shape index (κ1) is 15.4. The van der Waals surface area contributed by atoms with Crippen LogP contribution in [0.25, 0.3) is 10.9 Å². The molecule has 1 aromatic heterocycles. The number of halogens is 1. The van der Waals surface area contributed by atoms with Crippen LogP contribution in [0.1, 0.15) is 24.3 Å². The summed E-state index contributed by atoms with van der Waals surface area (Å²) in [6, 6.07) is 6.42. The van der Waals surface area contributed by atoms with E-state index in [4.69, 9.17) is 16.7 Å². The highest BCUT2D eigenvalue weighted by Gasteiger charge is 2.27. The number of carbonyl (C=O) groups is 2. The lowest BCUT2D eigenvalue weighted by atomic mass is 10.0. The highest BCUT2D eigenvalue weighted by atomic mass is 35.5. The summed E-state index contributed by atoms with van der Waals surface area (Å²) in [4.78, 5) is 23.6. The molecule has 1 atom stereocenters. The summed E-state index contributed by atoms with van der Waals surface area (Å²) in [5.41, 5.74) is 1.09. The minimum Gasteiger partial charge on any atom is -0.480 e. The van der Waals surface area contributed by atoms with Crippen molar-refractivity contribution in [3.05, 3.63) is 35.0 Å². The van der Waals surface area contributed by atoms with Gasteiger partial charge in [-0.1, -0.05) is 43.6 Å². The molecular formula is C15H17ClN2O3. The van der Waals surface area contributed by atoms with Crippen LogP contribution in [0.5, 0.6) is 0 Å². The van der Waals surface area contributed by atoms with Gasteiger partial charge in [-0.05, 0) is 12.0 Å². The van der Waals surface area contributed by atoms with Crippen molar-refractivity contribution >= 4 is 34.4 Å². The fourth-order valence-electron chi connectivity index (χ4n) is 2.32. The highest BCUT2D eigenvalue weighted by Crippen LogP contribution is 2.29. The van der Waals surface area contributed by atoms with Crippen molar-refractivity contribution in [1.82, 2.24) is 9.88 Å². The van der Waals surface area contributed by atoms with Gasteiger partial charge in [0.25, 0.3) is 5.91 Å². The Morgan fingerprint density at radius 3 is 2.43 bits per heavy atom. The molecule has 0 spiro atoms. The predicted octanol–water partition coefficient (Wildman–Crippen LogP) is 2.67. The molecule has 0 aliphatic rings. The molecule has 6 heteroatoms. The Kier molecular flexibility index (Phi) is 4.23. The molecule has 112 valence electrons. The van der Waals surface area contributed by atoms with E-state index in [1.807, 2.05) is 24.3 Å². The zero-order valence-electron chi connectivity index (χ0n) is 12.1. The second-order valence-electron chi connectivity index (χ2n) is 5.27. The number of fused-ring (bicyclic) bond motifs is 1. The quantitative estimate of drug-likeness (QED) is 0.912. The van der Waals surface area contributed by atoms with Crippen molar-refractivity contribution in [1.29, 1.82) is 0 Å². The number of benzene rings is 1. The lowest BCUT2D eigenvalue weighted by Gasteiger charge is -2.18. The molecule has 1 amide bonds. The second-order valence-corrected chi connectivity index (χ2v) is 5.65. The molecule has 0 saturated heterocycles. The Bertz CT molecular complexity index is 667. The van der Waals surface area contributed by atoms with Gasteiger partial charge in [-0.25, -0.2) is 4.79 Å². The number of para-hydroxylation sites is 1. The molecule has 5 nitrogen and oxygen atoms in total. The van der Waals surface area contributed by atoms with Crippen molar-refractivity contribution in [2.75, 3.05) is 0 Å². The van der Waals surface area contributed by atoms with Gasteiger partial charge in [-0.2, -0.15) is 0 Å². The molecule has 1 aromatic carbocycles. The van der Waals surface area contributed by atoms with Crippen molar-refractivity contribution in [3.8, 4) is 0 Å². The van der Waals surface area contributed by atoms with Crippen molar-refractivity contribution < 1.29 is 14.7 Å². The Hall–Kier alpha value is -2.01. The van der Waals surface area contributed by atoms with Crippen LogP contribution in [0, 0.1) is 5.92 Å². The number of amides is 1. The molecule has 0 bridgehead atoms. The van der Waals surface area contributed by atoms with Crippen molar-refractivity contribution in [2.24, 2.45) is 13.0 Å². The molecule has 0 saturated carbocycles. The third-order valence-corrected chi connectivity index (χ3v) is 3.86. The van der Waals surface area contributed by atoms with Gasteiger partial charge in [-0.3, -0.25) is 4.79 Å². The number of rotatable bonds is 4. The summed E-state index contributed by atoms with van der Waals surface area (Å²) >= 11 is 6.27. The minimum absolute atomic E-state index is 0.222. The van der Waals surface area contributed by atoms with Crippen LogP contribution in [0.4, 0.5) is 0 Å². The number of nitrogens with zero attached hydrogens (tertiary/aromatic N) is 1. The van der Waals surface area contributed by atoms with Gasteiger partial charge in [0.1, 0.15) is 11.7 Å². The van der Waals surface area contributed by atoms with E-state index < -0.39 is 17.9 Å². The smallest absolute Gasteiger partial charge is 0.326 e. The minimum atomic E-state index is -1.06. The number of hydrogen-bond acceptors (Lipinski definition) is 2. The lowest BCUT2D eigenvalue weighted by Crippen LogP contribution is -2.44. The largest absolute Gasteiger partial charge is 0.480 e. The fourth-order valence-corrected chi connectivity index (χ4v) is 2.69. The van der Waals surface area contributed by atoms with E-state index in [1.54, 1.807) is 25.5 Å². The summed E-state index contributed by atoms with van der Waals surface area (Å²) in [6.07, 6.45) is 0. The predicted molar refractivity (Wildman–Crippen MR) is 81.7 cm³/mol. The van der Waals surface area contributed by atoms with E-state index in [0.29, 0.717) is 5.02 Å². The molecule has 0 aliphatic carbocycles. The maximum Gasteiger partial charge on any atom is 0.326 e. The molecule has 2 N–H and O–H groups in total. The molecule has 0 fully saturated rings. The molecule has 0 radical (unpaired) electrons. The third-order valence-electron chi connectivity index (χ3n) is 3.48. The topological polar surface area (TPSA) is 71.3 Å². The van der Waals surface area contributed by atoms with E-state index in [9.17, 15) is 9.59 Å². The Morgan fingerprint density at radius 1 is 1.29 bits per heavy atom. The first-order valence-corrected chi connectivity index (χ1v) is 6.99. The van der Waals surface area contributed by atoms with E-state index in [-0.39, 0.29) is 11.6 Å². The first-order chi connectivity index (χ1) is 9.84. The van der Waals surface area contributed by atoms with Crippen LogP contribution in [-0.4, -0.2) is 27.6 Å². The normalized spacial score (nSPS) is 12.6. The standard InChI is InChI=1S/C15H17ClN2O3/c1-8(2)12(15(20)21)17-14(19)13-11(16)9-6-4-5-7-10(9)18(13)3/h4-8,12H,1-3H3,(H,17,19)(H,20,21)/t12-/m1/s1. The van der Waals surface area contributed by atoms with Crippen molar-refractivity contribution in [2.45, 2.75) is 19.9 Å². The van der Waals surface area contributed by atoms with Gasteiger partial charge in [0.2, 0.25) is 0 Å². The van der Waals surface area contributed by atoms with Crippen LogP contribution in [0.2, 0.25) is 5.02 Å². The van der Waals surface area contributed by atoms with Gasteiger partial charge >= 0.3 is 5.97 Å². The molecule has 0 aliphatic heterocycles. The van der Waals surface area contributed by atoms with Crippen LogP contribution in [0.15, 0.2) is 24.3 Å². The SMILES string of the molecule is CC(C)[C@@H](NC(=O)c1c(Cl)c2ccccc2n1C)C(=O)O. The molecule has 0 unspecified atom stereocenters. The molecule has 1 heterocycles. The average Bonchev–Trinajstić information content (AvgIpc) is 2.68. The van der Waals surface area contributed by atoms with Crippen LogP contribution >= 0.6 is 11.6 Å². The zero-order valence-corrected chi connectivity index (χ0v) is 12.8. The monoisotopic (exact) mass is 308 g/mol. The van der Waals surface area contributed by atoms with E-state index >= 15 is 0 Å². The summed E-state index contributed by atoms with van der Waals surface area (Å²) in [5.74, 6) is -1.77. The molecule has 21 heavy (non-hydrogen) atoms. The number of aliphatic carboxylic acids is 1. The van der Waals surface area contributed by atoms with E-state index in [0.717, 1.165) is 10.9 Å². The lowest BCUT2D eigenvalue weighted by molar-refractivity contribution is -0.140. The maximum atomic E-state index is 12.4. The van der Waals surface area contributed by atoms with Gasteiger partial charge in [0.15, 0.2) is 0 Å². The van der Waals surface area contributed by atoms with Gasteiger partial charge in [0, 0.05) is 18.0 Å². The summed E-state index contributed by atoms with van der Waals surface area (Å²) in [5, 5.41) is 12.8. The summed E-state index contributed by atoms with van der Waals surface area (Å²) < 4.78 is 1.67. The number of carboxylic acids is 1. The van der Waals surface area contributed by atoms with Gasteiger partial charge in [-0.15, -0.1) is 0 Å². The zero-order chi connectivity index (χ0) is 15.7. The second kappa shape index (κ2) is 5.77. The number of carbonyl (C=O) groups excluding carboxylic acids is 1. The summed E-state index contributed by atoms with van der Waals surface area (Å²) in [6.45, 7) is 3.48. The first-order valence-electron chi connectivity index (χ1n) is 6.61. The molecule has 2 aromatic rings. The van der Waals surface area contributed by atoms with Gasteiger partial charge in [0.05, 0.1) is 5.02 Å². The number of aromatic nitrogens is 1. The number of nitrogens with one attached hydrogen (secondary N) is 1. The number of hydrogen-bond donors (Lipinski definition) is 2. The Labute approximate surface area is 127 Å². The number of aryl methyl sites for hydroxylation is 1. The molecular weight excluding hydrogens is 292 g/mol. The summed E-state index contributed by atoms with van der Waals surface area (Å²) in [7, 11) is 1.73. The number of carboxylic acid groups (broad SMARTS) is 1. The van der Waals surface area contributed by atoms with E-state index in [1.165, 1.54) is 0 Å². The third kappa shape index (κ3) is 2.74. The molecule has 2 rings (SSSR count). The van der Waals surface area contributed by atoms with Gasteiger partial charge < -0.3 is 15.0 Å². The van der Waals surface area contributed by atoms with Crippen LogP contribution in [-0.2, 0) is 11.8 Å². The van der Waals surface area contributed by atoms with Crippen LogP contribution in [0.3, 0.4) is 0 Å². The maximum absolute atomic E-state index is 12.4. The fraction of sp³-hybridized carbons (Fsp3) is 0.333. The van der Waals surface area contributed by atoms with Crippen LogP contribution < -0.4 is 5.32 Å².